The van der Waals surface area contributed by atoms with Gasteiger partial charge in [0.2, 0.25) is 5.95 Å². The summed E-state index contributed by atoms with van der Waals surface area (Å²) in [6, 6.07) is 5.95. The van der Waals surface area contributed by atoms with Gasteiger partial charge in [-0.15, -0.1) is 0 Å². The van der Waals surface area contributed by atoms with E-state index in [9.17, 15) is 0 Å². The highest BCUT2D eigenvalue weighted by Crippen LogP contribution is 2.22. The van der Waals surface area contributed by atoms with Gasteiger partial charge in [0.1, 0.15) is 0 Å². The van der Waals surface area contributed by atoms with Crippen molar-refractivity contribution in [2.75, 3.05) is 25.6 Å². The summed E-state index contributed by atoms with van der Waals surface area (Å²) in [6.07, 6.45) is 0.0436. The number of nitrogens with zero attached hydrogens (tertiary/aromatic N) is 2. The number of aromatic nitrogens is 2. The highest BCUT2D eigenvalue weighted by atomic mass is 79.9. The van der Waals surface area contributed by atoms with Gasteiger partial charge in [-0.2, -0.15) is 0 Å². The van der Waals surface area contributed by atoms with Crippen molar-refractivity contribution in [3.63, 3.8) is 0 Å². The fraction of sp³-hybridized carbons (Fsp3) is 0.417. The van der Waals surface area contributed by atoms with Gasteiger partial charge in [-0.25, -0.2) is 4.98 Å². The van der Waals surface area contributed by atoms with Crippen LogP contribution in [0.5, 0.6) is 0 Å². The zero-order chi connectivity index (χ0) is 12.5. The van der Waals surface area contributed by atoms with Crippen molar-refractivity contribution in [2.24, 2.45) is 0 Å². The van der Waals surface area contributed by atoms with Crippen LogP contribution in [0.15, 0.2) is 22.7 Å². The molecule has 2 N–H and O–H groups in total. The molecular weight excluding hydrogens is 298 g/mol. The highest BCUT2D eigenvalue weighted by molar-refractivity contribution is 9.10. The molecule has 0 radical (unpaired) electrons. The first-order valence-corrected chi connectivity index (χ1v) is 6.64. The van der Waals surface area contributed by atoms with Gasteiger partial charge in [0.05, 0.1) is 43.5 Å². The smallest absolute Gasteiger partial charge is 0.201 e. The number of hydrogen-bond acceptors (Lipinski definition) is 4. The first-order valence-electron chi connectivity index (χ1n) is 5.84. The topological polar surface area (TPSA) is 62.3 Å². The van der Waals surface area contributed by atoms with Crippen molar-refractivity contribution in [1.82, 2.24) is 9.55 Å². The summed E-state index contributed by atoms with van der Waals surface area (Å²) in [5.41, 5.74) is 7.87. The maximum absolute atomic E-state index is 5.96. The quantitative estimate of drug-likeness (QED) is 0.918. The molecule has 2 aromatic rings. The predicted molar refractivity (Wildman–Crippen MR) is 72.4 cm³/mol. The molecule has 1 atom stereocenters. The molecule has 0 amide bonds. The van der Waals surface area contributed by atoms with Gasteiger partial charge in [-0.05, 0) is 18.2 Å². The Morgan fingerprint density at radius 1 is 1.44 bits per heavy atom. The number of imidazole rings is 1. The van der Waals surface area contributed by atoms with Crippen molar-refractivity contribution < 1.29 is 9.47 Å². The molecule has 0 aliphatic carbocycles. The molecule has 1 fully saturated rings. The Morgan fingerprint density at radius 3 is 3.11 bits per heavy atom. The Morgan fingerprint density at radius 2 is 2.33 bits per heavy atom. The molecule has 1 aliphatic rings. The number of nitrogen functional groups attached to an aromatic ring is 1. The lowest BCUT2D eigenvalue weighted by molar-refractivity contribution is -0.0930. The fourth-order valence-electron chi connectivity index (χ4n) is 2.16. The number of benzene rings is 1. The molecule has 1 saturated heterocycles. The van der Waals surface area contributed by atoms with E-state index in [-0.39, 0.29) is 6.10 Å². The van der Waals surface area contributed by atoms with Crippen LogP contribution in [0.3, 0.4) is 0 Å². The molecule has 3 rings (SSSR count). The van der Waals surface area contributed by atoms with Crippen molar-refractivity contribution in [3.05, 3.63) is 22.7 Å². The number of halogens is 1. The maximum atomic E-state index is 5.96. The molecular formula is C12H14BrN3O2. The van der Waals surface area contributed by atoms with Gasteiger partial charge in [-0.3, -0.25) is 0 Å². The van der Waals surface area contributed by atoms with Crippen molar-refractivity contribution >= 4 is 32.9 Å². The van der Waals surface area contributed by atoms with E-state index in [1.54, 1.807) is 0 Å². The molecule has 1 aromatic heterocycles. The van der Waals surface area contributed by atoms with E-state index in [0.717, 1.165) is 15.5 Å². The van der Waals surface area contributed by atoms with Gasteiger partial charge in [0.15, 0.2) is 0 Å². The second kappa shape index (κ2) is 4.87. The van der Waals surface area contributed by atoms with E-state index in [4.69, 9.17) is 15.2 Å². The van der Waals surface area contributed by atoms with E-state index < -0.39 is 0 Å². The SMILES string of the molecule is Nc1nc2cc(Br)ccc2n1CC1COCCO1. The molecule has 18 heavy (non-hydrogen) atoms. The average Bonchev–Trinajstić information content (AvgIpc) is 2.66. The van der Waals surface area contributed by atoms with E-state index in [1.807, 2.05) is 22.8 Å². The standard InChI is InChI=1S/C12H14BrN3O2/c13-8-1-2-11-10(5-8)15-12(14)16(11)6-9-7-17-3-4-18-9/h1-2,5,9H,3-4,6-7H2,(H2,14,15). The van der Waals surface area contributed by atoms with Crippen LogP contribution in [0.2, 0.25) is 0 Å². The summed E-state index contributed by atoms with van der Waals surface area (Å²) in [5, 5.41) is 0. The number of fused-ring (bicyclic) bond motifs is 1. The van der Waals surface area contributed by atoms with Crippen LogP contribution >= 0.6 is 15.9 Å². The molecule has 1 unspecified atom stereocenters. The molecule has 5 nitrogen and oxygen atoms in total. The van der Waals surface area contributed by atoms with E-state index in [2.05, 4.69) is 20.9 Å². The predicted octanol–water partition coefficient (Wildman–Crippen LogP) is 1.80. The van der Waals surface area contributed by atoms with Crippen LogP contribution in [-0.2, 0) is 16.0 Å². The third kappa shape index (κ3) is 2.23. The third-order valence-electron chi connectivity index (χ3n) is 3.01. The molecule has 1 aliphatic heterocycles. The van der Waals surface area contributed by atoms with E-state index >= 15 is 0 Å². The minimum Gasteiger partial charge on any atom is -0.376 e. The molecule has 0 spiro atoms. The van der Waals surface area contributed by atoms with Crippen molar-refractivity contribution in [3.8, 4) is 0 Å². The summed E-state index contributed by atoms with van der Waals surface area (Å²) < 4.78 is 14.0. The fourth-order valence-corrected chi connectivity index (χ4v) is 2.51. The molecule has 6 heteroatoms. The van der Waals surface area contributed by atoms with Crippen LogP contribution in [-0.4, -0.2) is 35.5 Å². The number of ether oxygens (including phenoxy) is 2. The molecule has 2 heterocycles. The Hall–Kier alpha value is -1.11. The van der Waals surface area contributed by atoms with E-state index in [0.29, 0.717) is 32.3 Å². The highest BCUT2D eigenvalue weighted by Gasteiger charge is 2.18. The lowest BCUT2D eigenvalue weighted by atomic mass is 10.3. The Bertz CT molecular complexity index is 564. The lowest BCUT2D eigenvalue weighted by Crippen LogP contribution is -2.32. The Kier molecular flexibility index (Phi) is 3.23. The average molecular weight is 312 g/mol. The van der Waals surface area contributed by atoms with Crippen LogP contribution in [0.1, 0.15) is 0 Å². The summed E-state index contributed by atoms with van der Waals surface area (Å²) in [7, 11) is 0. The number of hydrogen-bond donors (Lipinski definition) is 1. The molecule has 0 bridgehead atoms. The Balaban J connectivity index is 1.92. The van der Waals surface area contributed by atoms with Crippen molar-refractivity contribution in [1.29, 1.82) is 0 Å². The largest absolute Gasteiger partial charge is 0.376 e. The molecule has 1 aromatic carbocycles. The summed E-state index contributed by atoms with van der Waals surface area (Å²) in [5.74, 6) is 0.511. The zero-order valence-electron chi connectivity index (χ0n) is 9.80. The molecule has 96 valence electrons. The number of rotatable bonds is 2. The van der Waals surface area contributed by atoms with Crippen LogP contribution in [0, 0.1) is 0 Å². The third-order valence-corrected chi connectivity index (χ3v) is 3.50. The van der Waals surface area contributed by atoms with Crippen LogP contribution in [0.25, 0.3) is 11.0 Å². The second-order valence-electron chi connectivity index (χ2n) is 4.28. The zero-order valence-corrected chi connectivity index (χ0v) is 11.4. The number of anilines is 1. The van der Waals surface area contributed by atoms with Gasteiger partial charge in [0, 0.05) is 4.47 Å². The van der Waals surface area contributed by atoms with E-state index in [1.165, 1.54) is 0 Å². The minimum absolute atomic E-state index is 0.0436. The second-order valence-corrected chi connectivity index (χ2v) is 5.20. The van der Waals surface area contributed by atoms with Gasteiger partial charge < -0.3 is 19.8 Å². The van der Waals surface area contributed by atoms with Gasteiger partial charge >= 0.3 is 0 Å². The summed E-state index contributed by atoms with van der Waals surface area (Å²) in [4.78, 5) is 4.35. The maximum Gasteiger partial charge on any atom is 0.201 e. The van der Waals surface area contributed by atoms with Crippen molar-refractivity contribution in [2.45, 2.75) is 12.6 Å². The minimum atomic E-state index is 0.0436. The van der Waals surface area contributed by atoms with Gasteiger partial charge in [0.25, 0.3) is 0 Å². The first kappa shape index (κ1) is 12.0. The first-order chi connectivity index (χ1) is 8.74. The van der Waals surface area contributed by atoms with Crippen LogP contribution < -0.4 is 5.73 Å². The Labute approximate surface area is 113 Å². The normalized spacial score (nSPS) is 20.4. The number of nitrogens with two attached hydrogens (primary N) is 1. The summed E-state index contributed by atoms with van der Waals surface area (Å²) in [6.45, 7) is 2.59. The van der Waals surface area contributed by atoms with Gasteiger partial charge in [-0.1, -0.05) is 15.9 Å². The summed E-state index contributed by atoms with van der Waals surface area (Å²) >= 11 is 3.43. The van der Waals surface area contributed by atoms with Crippen LogP contribution in [0.4, 0.5) is 5.95 Å². The monoisotopic (exact) mass is 311 g/mol. The molecule has 0 saturated carbocycles. The lowest BCUT2D eigenvalue weighted by Gasteiger charge is -2.23.